The molecule has 0 aliphatic carbocycles. The van der Waals surface area contributed by atoms with Gasteiger partial charge in [-0.15, -0.1) is 0 Å². The molecule has 1 aliphatic rings. The lowest BCUT2D eigenvalue weighted by atomic mass is 9.75. The molecule has 0 amide bonds. The molecule has 4 rings (SSSR count). The van der Waals surface area contributed by atoms with Gasteiger partial charge in [-0.3, -0.25) is 0 Å². The fourth-order valence-corrected chi connectivity index (χ4v) is 3.95. The Morgan fingerprint density at radius 1 is 1.06 bits per heavy atom. The van der Waals surface area contributed by atoms with E-state index in [9.17, 15) is 5.11 Å². The number of aromatic hydroxyl groups is 1. The largest absolute Gasteiger partial charge is 0.508 e. The number of benzene rings is 2. The number of phenols is 1. The van der Waals surface area contributed by atoms with Crippen LogP contribution in [0.2, 0.25) is 0 Å². The Bertz CT molecular complexity index is 1050. The highest BCUT2D eigenvalue weighted by Crippen LogP contribution is 2.46. The molecular formula is C27H27NO3. The second-order valence-electron chi connectivity index (χ2n) is 7.56. The average Bonchev–Trinajstić information content (AvgIpc) is 3.34. The maximum absolute atomic E-state index is 9.80. The molecule has 3 aromatic rings. The zero-order valence-corrected chi connectivity index (χ0v) is 17.6. The number of ether oxygens (including phenoxy) is 2. The number of aromatic nitrogens is 1. The summed E-state index contributed by atoms with van der Waals surface area (Å²) in [4.78, 5) is 3.16. The molecule has 2 N–H and O–H groups in total. The fourth-order valence-electron chi connectivity index (χ4n) is 3.95. The van der Waals surface area contributed by atoms with Crippen molar-refractivity contribution in [3.8, 4) is 5.75 Å². The van der Waals surface area contributed by atoms with Gasteiger partial charge in [0.1, 0.15) is 18.6 Å². The van der Waals surface area contributed by atoms with Gasteiger partial charge in [0.15, 0.2) is 5.76 Å². The van der Waals surface area contributed by atoms with Gasteiger partial charge < -0.3 is 19.6 Å². The van der Waals surface area contributed by atoms with Crippen LogP contribution in [0.1, 0.15) is 35.4 Å². The first-order valence-electron chi connectivity index (χ1n) is 10.5. The van der Waals surface area contributed by atoms with E-state index in [1.54, 1.807) is 18.4 Å². The fraction of sp³-hybridized carbons (Fsp3) is 0.185. The number of phenolic OH excluding ortho intramolecular Hbond substituents is 1. The van der Waals surface area contributed by atoms with Crippen LogP contribution in [0.25, 0.3) is 0 Å². The number of rotatable bonds is 6. The van der Waals surface area contributed by atoms with E-state index in [1.807, 2.05) is 73.9 Å². The molecule has 1 aromatic heterocycles. The summed E-state index contributed by atoms with van der Waals surface area (Å²) in [7, 11) is 0. The first kappa shape index (κ1) is 20.6. The molecule has 4 nitrogen and oxygen atoms in total. The second kappa shape index (κ2) is 9.90. The van der Waals surface area contributed by atoms with E-state index in [0.29, 0.717) is 13.2 Å². The summed E-state index contributed by atoms with van der Waals surface area (Å²) >= 11 is 0. The molecule has 1 aliphatic heterocycles. The lowest BCUT2D eigenvalue weighted by Gasteiger charge is -2.35. The SMILES string of the molecule is C\C=C/C=C1\C(=C/OCc2ccccc2)OCC(c2cc[nH]c2)C1c1ccc(O)cc1. The lowest BCUT2D eigenvalue weighted by Crippen LogP contribution is -2.25. The van der Waals surface area contributed by atoms with Crippen LogP contribution >= 0.6 is 0 Å². The Morgan fingerprint density at radius 2 is 1.87 bits per heavy atom. The van der Waals surface area contributed by atoms with Gasteiger partial charge in [-0.25, -0.2) is 0 Å². The Balaban J connectivity index is 1.69. The Labute approximate surface area is 183 Å². The van der Waals surface area contributed by atoms with Crippen LogP contribution in [0.5, 0.6) is 5.75 Å². The minimum Gasteiger partial charge on any atom is -0.508 e. The molecule has 4 heteroatoms. The van der Waals surface area contributed by atoms with Crippen LogP contribution in [0.3, 0.4) is 0 Å². The zero-order valence-electron chi connectivity index (χ0n) is 17.6. The van der Waals surface area contributed by atoms with Crippen LogP contribution in [0, 0.1) is 0 Å². The zero-order chi connectivity index (χ0) is 21.5. The Hall–Kier alpha value is -3.66. The van der Waals surface area contributed by atoms with Gasteiger partial charge in [-0.05, 0) is 41.8 Å². The van der Waals surface area contributed by atoms with Gasteiger partial charge in [0.25, 0.3) is 0 Å². The van der Waals surface area contributed by atoms with Crippen molar-refractivity contribution in [2.24, 2.45) is 0 Å². The standard InChI is InChI=1S/C27H27NO3/c1-2-3-9-24-26(19-30-17-20-7-5-4-6-8-20)31-18-25(22-14-15-28-16-22)27(24)21-10-12-23(29)13-11-21/h2-16,19,25,27-29H,17-18H2,1H3/b3-2-,24-9+,26-19+. The van der Waals surface area contributed by atoms with Crippen molar-refractivity contribution in [2.75, 3.05) is 6.61 Å². The minimum absolute atomic E-state index is 0.0629. The molecule has 0 bridgehead atoms. The quantitative estimate of drug-likeness (QED) is 0.475. The molecule has 0 spiro atoms. The third-order valence-electron chi connectivity index (χ3n) is 5.49. The third-order valence-corrected chi connectivity index (χ3v) is 5.49. The average molecular weight is 414 g/mol. The van der Waals surface area contributed by atoms with E-state index in [4.69, 9.17) is 9.47 Å². The molecule has 2 heterocycles. The second-order valence-corrected chi connectivity index (χ2v) is 7.56. The smallest absolute Gasteiger partial charge is 0.157 e. The van der Waals surface area contributed by atoms with E-state index >= 15 is 0 Å². The molecule has 1 saturated heterocycles. The van der Waals surface area contributed by atoms with Crippen LogP contribution < -0.4 is 0 Å². The number of nitrogens with one attached hydrogen (secondary N) is 1. The molecule has 31 heavy (non-hydrogen) atoms. The first-order chi connectivity index (χ1) is 15.3. The molecule has 2 aromatic carbocycles. The van der Waals surface area contributed by atoms with Gasteiger partial charge in [0.2, 0.25) is 0 Å². The Morgan fingerprint density at radius 3 is 2.58 bits per heavy atom. The van der Waals surface area contributed by atoms with Gasteiger partial charge in [-0.2, -0.15) is 0 Å². The highest BCUT2D eigenvalue weighted by atomic mass is 16.5. The van der Waals surface area contributed by atoms with Gasteiger partial charge in [0, 0.05) is 29.8 Å². The van der Waals surface area contributed by atoms with E-state index in [2.05, 4.69) is 17.1 Å². The van der Waals surface area contributed by atoms with Gasteiger partial charge in [-0.1, -0.05) is 60.7 Å². The third kappa shape index (κ3) is 4.92. The highest BCUT2D eigenvalue weighted by molar-refractivity contribution is 5.46. The highest BCUT2D eigenvalue weighted by Gasteiger charge is 2.35. The summed E-state index contributed by atoms with van der Waals surface area (Å²) in [6.45, 7) is 3.02. The number of hydrogen-bond acceptors (Lipinski definition) is 3. The van der Waals surface area contributed by atoms with Gasteiger partial charge >= 0.3 is 0 Å². The van der Waals surface area contributed by atoms with E-state index in [-0.39, 0.29) is 17.6 Å². The topological polar surface area (TPSA) is 54.5 Å². The maximum Gasteiger partial charge on any atom is 0.157 e. The first-order valence-corrected chi connectivity index (χ1v) is 10.5. The molecule has 2 atom stereocenters. The summed E-state index contributed by atoms with van der Waals surface area (Å²) < 4.78 is 12.1. The van der Waals surface area contributed by atoms with Crippen molar-refractivity contribution in [3.63, 3.8) is 0 Å². The number of hydrogen-bond donors (Lipinski definition) is 2. The van der Waals surface area contributed by atoms with Crippen LogP contribution in [-0.4, -0.2) is 16.7 Å². The summed E-state index contributed by atoms with van der Waals surface area (Å²) in [6.07, 6.45) is 11.8. The predicted octanol–water partition coefficient (Wildman–Crippen LogP) is 6.18. The summed E-state index contributed by atoms with van der Waals surface area (Å²) in [6, 6.07) is 19.6. The lowest BCUT2D eigenvalue weighted by molar-refractivity contribution is 0.139. The van der Waals surface area contributed by atoms with Crippen molar-refractivity contribution < 1.29 is 14.6 Å². The van der Waals surface area contributed by atoms with Crippen molar-refractivity contribution in [1.29, 1.82) is 0 Å². The molecule has 2 unspecified atom stereocenters. The van der Waals surface area contributed by atoms with Crippen molar-refractivity contribution in [1.82, 2.24) is 4.98 Å². The number of H-pyrrole nitrogens is 1. The van der Waals surface area contributed by atoms with Crippen LogP contribution in [0.4, 0.5) is 0 Å². The van der Waals surface area contributed by atoms with Gasteiger partial charge in [0.05, 0.1) is 6.61 Å². The monoisotopic (exact) mass is 413 g/mol. The molecule has 0 radical (unpaired) electrons. The molecule has 158 valence electrons. The molecular weight excluding hydrogens is 386 g/mol. The van der Waals surface area contributed by atoms with Crippen molar-refractivity contribution in [2.45, 2.75) is 25.4 Å². The van der Waals surface area contributed by atoms with E-state index in [0.717, 1.165) is 22.5 Å². The number of allylic oxidation sites excluding steroid dienone is 4. The van der Waals surface area contributed by atoms with E-state index < -0.39 is 0 Å². The van der Waals surface area contributed by atoms with E-state index in [1.165, 1.54) is 5.56 Å². The predicted molar refractivity (Wildman–Crippen MR) is 123 cm³/mol. The Kier molecular flexibility index (Phi) is 6.58. The number of aromatic amines is 1. The molecule has 1 fully saturated rings. The van der Waals surface area contributed by atoms with Crippen LogP contribution in [-0.2, 0) is 16.1 Å². The molecule has 0 saturated carbocycles. The summed E-state index contributed by atoms with van der Waals surface area (Å²) in [5.41, 5.74) is 4.47. The summed E-state index contributed by atoms with van der Waals surface area (Å²) in [5.74, 6) is 1.19. The van der Waals surface area contributed by atoms with Crippen LogP contribution in [0.15, 0.2) is 109 Å². The van der Waals surface area contributed by atoms with Crippen molar-refractivity contribution >= 4 is 0 Å². The normalized spacial score (nSPS) is 21.5. The minimum atomic E-state index is 0.0629. The maximum atomic E-state index is 9.80. The summed E-state index contributed by atoms with van der Waals surface area (Å²) in [5, 5.41) is 9.80. The van der Waals surface area contributed by atoms with Crippen molar-refractivity contribution in [3.05, 3.63) is 126 Å².